The molecule has 1 atom stereocenters. The third kappa shape index (κ3) is 5.62. The largest absolute Gasteiger partial charge is 0.344 e. The zero-order valence-corrected chi connectivity index (χ0v) is 15.5. The van der Waals surface area contributed by atoms with Gasteiger partial charge in [-0.2, -0.15) is 4.72 Å². The highest BCUT2D eigenvalue weighted by Crippen LogP contribution is 2.14. The number of nitrogens with one attached hydrogen (secondary N) is 1. The summed E-state index contributed by atoms with van der Waals surface area (Å²) in [7, 11) is -2.00. The molecule has 1 N–H and O–H groups in total. The van der Waals surface area contributed by atoms with Crippen LogP contribution in [0.3, 0.4) is 0 Å². The first kappa shape index (κ1) is 19.6. The Morgan fingerprint density at radius 3 is 2.26 bits per heavy atom. The first-order valence-corrected chi connectivity index (χ1v) is 9.51. The highest BCUT2D eigenvalue weighted by Gasteiger charge is 2.30. The van der Waals surface area contributed by atoms with Gasteiger partial charge in [0.15, 0.2) is 0 Å². The number of rotatable bonds is 8. The van der Waals surface area contributed by atoms with Gasteiger partial charge in [0.2, 0.25) is 15.9 Å². The first-order valence-electron chi connectivity index (χ1n) is 8.03. The van der Waals surface area contributed by atoms with Crippen molar-refractivity contribution in [2.24, 2.45) is 5.92 Å². The van der Waals surface area contributed by atoms with Crippen molar-refractivity contribution in [2.45, 2.75) is 51.5 Å². The van der Waals surface area contributed by atoms with E-state index in [1.54, 1.807) is 36.2 Å². The van der Waals surface area contributed by atoms with Crippen molar-refractivity contribution in [2.75, 3.05) is 13.6 Å². The molecule has 0 unspecified atom stereocenters. The quantitative estimate of drug-likeness (QED) is 0.791. The number of amides is 1. The van der Waals surface area contributed by atoms with Gasteiger partial charge in [-0.3, -0.25) is 4.79 Å². The van der Waals surface area contributed by atoms with Crippen molar-refractivity contribution in [1.29, 1.82) is 0 Å². The minimum absolute atomic E-state index is 0.133. The van der Waals surface area contributed by atoms with Crippen molar-refractivity contribution < 1.29 is 13.2 Å². The summed E-state index contributed by atoms with van der Waals surface area (Å²) >= 11 is 0. The molecule has 0 radical (unpaired) electrons. The number of hydrogen-bond acceptors (Lipinski definition) is 3. The Balaban J connectivity index is 2.94. The highest BCUT2D eigenvalue weighted by atomic mass is 32.2. The van der Waals surface area contributed by atoms with Gasteiger partial charge in [0, 0.05) is 13.6 Å². The number of carbonyl (C=O) groups excluding carboxylic acids is 1. The van der Waals surface area contributed by atoms with E-state index in [1.807, 2.05) is 20.8 Å². The molecular formula is C17H28N2O3S. The number of nitrogens with zero attached hydrogens (tertiary/aromatic N) is 1. The van der Waals surface area contributed by atoms with E-state index in [4.69, 9.17) is 0 Å². The van der Waals surface area contributed by atoms with Gasteiger partial charge in [0.25, 0.3) is 0 Å². The summed E-state index contributed by atoms with van der Waals surface area (Å²) in [4.78, 5) is 14.3. The Hall–Kier alpha value is -1.40. The summed E-state index contributed by atoms with van der Waals surface area (Å²) in [6, 6.07) is 5.84. The van der Waals surface area contributed by atoms with Crippen molar-refractivity contribution in [1.82, 2.24) is 9.62 Å². The Kier molecular flexibility index (Phi) is 7.22. The molecule has 130 valence electrons. The van der Waals surface area contributed by atoms with Crippen molar-refractivity contribution in [3.05, 3.63) is 29.8 Å². The molecule has 1 amide bonds. The van der Waals surface area contributed by atoms with Crippen LogP contribution in [0, 0.1) is 12.8 Å². The Labute approximate surface area is 140 Å². The molecule has 6 heteroatoms. The summed E-state index contributed by atoms with van der Waals surface area (Å²) in [5, 5.41) is 0. The maximum atomic E-state index is 12.6. The Bertz CT molecular complexity index is 609. The molecule has 0 saturated carbocycles. The Morgan fingerprint density at radius 1 is 1.22 bits per heavy atom. The van der Waals surface area contributed by atoms with Gasteiger partial charge in [0.05, 0.1) is 4.90 Å². The lowest BCUT2D eigenvalue weighted by atomic mass is 10.0. The summed E-state index contributed by atoms with van der Waals surface area (Å²) < 4.78 is 27.6. The van der Waals surface area contributed by atoms with Crippen LogP contribution in [-0.4, -0.2) is 38.9 Å². The topological polar surface area (TPSA) is 66.5 Å². The molecule has 5 nitrogen and oxygen atoms in total. The predicted octanol–water partition coefficient (Wildman–Crippen LogP) is 2.56. The molecule has 0 saturated heterocycles. The van der Waals surface area contributed by atoms with Gasteiger partial charge < -0.3 is 4.90 Å². The third-order valence-electron chi connectivity index (χ3n) is 3.77. The van der Waals surface area contributed by atoms with Crippen LogP contribution < -0.4 is 4.72 Å². The molecule has 0 aliphatic heterocycles. The maximum Gasteiger partial charge on any atom is 0.241 e. The van der Waals surface area contributed by atoms with E-state index in [0.29, 0.717) is 6.54 Å². The van der Waals surface area contributed by atoms with Gasteiger partial charge in [-0.05, 0) is 31.4 Å². The van der Waals surface area contributed by atoms with Gasteiger partial charge in [-0.1, -0.05) is 44.9 Å². The zero-order chi connectivity index (χ0) is 17.6. The number of hydrogen-bond donors (Lipinski definition) is 1. The molecular weight excluding hydrogens is 312 g/mol. The molecule has 0 aliphatic rings. The van der Waals surface area contributed by atoms with Crippen LogP contribution in [0.15, 0.2) is 29.2 Å². The predicted molar refractivity (Wildman–Crippen MR) is 92.7 cm³/mol. The monoisotopic (exact) mass is 340 g/mol. The molecule has 0 fully saturated rings. The second-order valence-electron chi connectivity index (χ2n) is 6.27. The average Bonchev–Trinajstić information content (AvgIpc) is 2.49. The summed E-state index contributed by atoms with van der Waals surface area (Å²) in [5.41, 5.74) is 0.986. The van der Waals surface area contributed by atoms with Crippen molar-refractivity contribution in [3.8, 4) is 0 Å². The fraction of sp³-hybridized carbons (Fsp3) is 0.588. The molecule has 0 spiro atoms. The van der Waals surface area contributed by atoms with Crippen LogP contribution in [-0.2, 0) is 14.8 Å². The van der Waals surface area contributed by atoms with Crippen molar-refractivity contribution in [3.63, 3.8) is 0 Å². The van der Waals surface area contributed by atoms with Gasteiger partial charge in [0.1, 0.15) is 6.04 Å². The van der Waals surface area contributed by atoms with Crippen LogP contribution >= 0.6 is 0 Å². The molecule has 23 heavy (non-hydrogen) atoms. The molecule has 1 rings (SSSR count). The van der Waals surface area contributed by atoms with E-state index in [0.717, 1.165) is 18.4 Å². The van der Waals surface area contributed by atoms with Crippen LogP contribution in [0.5, 0.6) is 0 Å². The van der Waals surface area contributed by atoms with Crippen LogP contribution in [0.2, 0.25) is 0 Å². The third-order valence-corrected chi connectivity index (χ3v) is 5.23. The lowest BCUT2D eigenvalue weighted by Gasteiger charge is -2.27. The van der Waals surface area contributed by atoms with E-state index in [2.05, 4.69) is 11.6 Å². The standard InChI is InChI=1S/C17H28N2O3S/c1-6-7-12-19(5)17(20)16(13(2)3)18-23(21,22)15-10-8-14(4)9-11-15/h8-11,13,16,18H,6-7,12H2,1-5H3/t16-/m0/s1. The van der Waals surface area contributed by atoms with Crippen LogP contribution in [0.4, 0.5) is 0 Å². The fourth-order valence-corrected chi connectivity index (χ4v) is 3.50. The smallest absolute Gasteiger partial charge is 0.241 e. The average molecular weight is 340 g/mol. The minimum atomic E-state index is -3.72. The highest BCUT2D eigenvalue weighted by molar-refractivity contribution is 7.89. The van der Waals surface area contributed by atoms with Gasteiger partial charge in [-0.15, -0.1) is 0 Å². The minimum Gasteiger partial charge on any atom is -0.344 e. The summed E-state index contributed by atoms with van der Waals surface area (Å²) in [6.07, 6.45) is 1.89. The van der Waals surface area contributed by atoms with E-state index >= 15 is 0 Å². The molecule has 1 aromatic carbocycles. The zero-order valence-electron chi connectivity index (χ0n) is 14.7. The number of sulfonamides is 1. The number of unbranched alkanes of at least 4 members (excludes halogenated alkanes) is 1. The normalized spacial score (nSPS) is 13.1. The second-order valence-corrected chi connectivity index (χ2v) is 7.98. The van der Waals surface area contributed by atoms with E-state index < -0.39 is 16.1 Å². The Morgan fingerprint density at radius 2 is 1.78 bits per heavy atom. The number of likely N-dealkylation sites (N-methyl/N-ethyl adjacent to an activating group) is 1. The number of aryl methyl sites for hydroxylation is 1. The molecule has 0 bridgehead atoms. The van der Waals surface area contributed by atoms with Crippen molar-refractivity contribution >= 4 is 15.9 Å². The molecule has 0 aromatic heterocycles. The van der Waals surface area contributed by atoms with Crippen LogP contribution in [0.1, 0.15) is 39.2 Å². The fourth-order valence-electron chi connectivity index (χ4n) is 2.17. The molecule has 0 heterocycles. The second kappa shape index (κ2) is 8.45. The van der Waals surface area contributed by atoms with Gasteiger partial charge in [-0.25, -0.2) is 8.42 Å². The first-order chi connectivity index (χ1) is 10.7. The lowest BCUT2D eigenvalue weighted by Crippen LogP contribution is -2.50. The van der Waals surface area contributed by atoms with E-state index in [-0.39, 0.29) is 16.7 Å². The number of benzene rings is 1. The summed E-state index contributed by atoms with van der Waals surface area (Å²) in [6.45, 7) is 8.26. The summed E-state index contributed by atoms with van der Waals surface area (Å²) in [5.74, 6) is -0.323. The molecule has 0 aliphatic carbocycles. The van der Waals surface area contributed by atoms with Gasteiger partial charge >= 0.3 is 0 Å². The van der Waals surface area contributed by atoms with Crippen LogP contribution in [0.25, 0.3) is 0 Å². The lowest BCUT2D eigenvalue weighted by molar-refractivity contribution is -0.132. The SMILES string of the molecule is CCCCN(C)C(=O)[C@@H](NS(=O)(=O)c1ccc(C)cc1)C(C)C. The molecule has 1 aromatic rings. The van der Waals surface area contributed by atoms with E-state index in [9.17, 15) is 13.2 Å². The van der Waals surface area contributed by atoms with E-state index in [1.165, 1.54) is 0 Å². The maximum absolute atomic E-state index is 12.6. The number of carbonyl (C=O) groups is 1.